The first kappa shape index (κ1) is 33.1. The van der Waals surface area contributed by atoms with Crippen LogP contribution in [-0.4, -0.2) is 87.0 Å². The number of amides is 4. The van der Waals surface area contributed by atoms with Gasteiger partial charge in [-0.1, -0.05) is 23.7 Å². The molecule has 2 bridgehead atoms. The van der Waals surface area contributed by atoms with Gasteiger partial charge in [-0.25, -0.2) is 0 Å². The molecule has 14 heteroatoms. The van der Waals surface area contributed by atoms with Gasteiger partial charge in [0.25, 0.3) is 11.8 Å². The first-order valence-corrected chi connectivity index (χ1v) is 17.9. The van der Waals surface area contributed by atoms with Gasteiger partial charge in [0.1, 0.15) is 17.9 Å². The Hall–Kier alpha value is -5.06. The molecule has 5 fully saturated rings. The van der Waals surface area contributed by atoms with Gasteiger partial charge in [0.2, 0.25) is 11.8 Å². The van der Waals surface area contributed by atoms with E-state index in [0.717, 1.165) is 68.7 Å². The van der Waals surface area contributed by atoms with Gasteiger partial charge in [-0.3, -0.25) is 29.4 Å². The number of carbonyl (C=O) groups excluding carboxylic acids is 4. The Morgan fingerprint density at radius 1 is 1.00 bits per heavy atom. The number of anilines is 1. The highest BCUT2D eigenvalue weighted by Crippen LogP contribution is 2.37. The number of nitrogens with zero attached hydrogens (tertiary/aromatic N) is 6. The summed E-state index contributed by atoms with van der Waals surface area (Å²) in [7, 11) is 0. The smallest absolute Gasteiger partial charge is 0.272 e. The summed E-state index contributed by atoms with van der Waals surface area (Å²) in [4.78, 5) is 56.4. The van der Waals surface area contributed by atoms with Gasteiger partial charge in [-0.05, 0) is 80.0 Å². The molecule has 13 nitrogen and oxygen atoms in total. The average Bonchev–Trinajstić information content (AvgIpc) is 3.44. The second-order valence-corrected chi connectivity index (χ2v) is 14.5. The van der Waals surface area contributed by atoms with Crippen LogP contribution in [0.4, 0.5) is 5.82 Å². The lowest BCUT2D eigenvalue weighted by Crippen LogP contribution is -2.69. The standard InChI is InChI=1S/C37H37ClN8O5/c38-30-15-28(5-2-22(30)16-39)51-27-6-3-24(4-7-27)40-35(48)31-9-11-33(43-42-31)46-25-14-26(46)20-44(19-25)17-21-1-8-29-23(13-21)18-45(37(29)50)32-10-12-34(47)41-36(32)49/h1-2,5,8-9,11,13,15,24-27,32H,3-4,6-7,10,12,14,17-20H2,(H,40,48)(H,41,47,49). The molecule has 3 atom stereocenters. The summed E-state index contributed by atoms with van der Waals surface area (Å²) >= 11 is 6.14. The summed E-state index contributed by atoms with van der Waals surface area (Å²) in [5, 5.41) is 23.6. The monoisotopic (exact) mass is 708 g/mol. The molecule has 0 spiro atoms. The zero-order valence-electron chi connectivity index (χ0n) is 27.9. The molecule has 262 valence electrons. The summed E-state index contributed by atoms with van der Waals surface area (Å²) in [5.74, 6) is 0.327. The van der Waals surface area contributed by atoms with Crippen molar-refractivity contribution in [1.29, 1.82) is 5.26 Å². The number of halogens is 1. The molecule has 6 heterocycles. The molecule has 1 aliphatic carbocycles. The fraction of sp³-hybridized carbons (Fsp3) is 0.432. The Kier molecular flexibility index (Phi) is 8.81. The van der Waals surface area contributed by atoms with Crippen molar-refractivity contribution in [3.8, 4) is 11.8 Å². The average molecular weight is 709 g/mol. The van der Waals surface area contributed by atoms with Gasteiger partial charge in [0, 0.05) is 62.4 Å². The number of benzene rings is 2. The minimum absolute atomic E-state index is 0.0185. The lowest BCUT2D eigenvalue weighted by Gasteiger charge is -2.56. The number of piperidine rings is 2. The van der Waals surface area contributed by atoms with Gasteiger partial charge < -0.3 is 19.9 Å². The van der Waals surface area contributed by atoms with Crippen molar-refractivity contribution in [1.82, 2.24) is 30.6 Å². The lowest BCUT2D eigenvalue weighted by molar-refractivity contribution is -0.136. The SMILES string of the molecule is N#Cc1ccc(OC2CCC(NC(=O)c3ccc(N4C5CC4CN(Cc4ccc6c(c4)CN(C4CCC(=O)NC4=O)C6=O)C5)nn3)CC2)cc1Cl. The number of hydrogen-bond acceptors (Lipinski definition) is 10. The third-order valence-electron chi connectivity index (χ3n) is 10.8. The molecule has 2 aromatic carbocycles. The van der Waals surface area contributed by atoms with Crippen LogP contribution in [0, 0.1) is 11.3 Å². The van der Waals surface area contributed by atoms with Crippen LogP contribution in [0.3, 0.4) is 0 Å². The molecule has 3 aromatic rings. The fourth-order valence-corrected chi connectivity index (χ4v) is 8.42. The third kappa shape index (κ3) is 6.61. The minimum atomic E-state index is -0.618. The predicted octanol–water partition coefficient (Wildman–Crippen LogP) is 3.35. The molecule has 4 amide bonds. The van der Waals surface area contributed by atoms with E-state index in [1.165, 1.54) is 0 Å². The topological polar surface area (TPSA) is 161 Å². The Balaban J connectivity index is 0.806. The maximum absolute atomic E-state index is 13.1. The van der Waals surface area contributed by atoms with Crippen LogP contribution < -0.4 is 20.3 Å². The van der Waals surface area contributed by atoms with Crippen LogP contribution in [0.1, 0.15) is 82.5 Å². The van der Waals surface area contributed by atoms with Crippen LogP contribution in [0.15, 0.2) is 48.5 Å². The summed E-state index contributed by atoms with van der Waals surface area (Å²) < 4.78 is 6.07. The molecular weight excluding hydrogens is 672 g/mol. The minimum Gasteiger partial charge on any atom is -0.490 e. The molecule has 51 heavy (non-hydrogen) atoms. The largest absolute Gasteiger partial charge is 0.490 e. The van der Waals surface area contributed by atoms with Crippen LogP contribution >= 0.6 is 11.6 Å². The van der Waals surface area contributed by atoms with E-state index in [0.29, 0.717) is 52.6 Å². The number of aromatic nitrogens is 2. The normalized spacial score (nSPS) is 25.8. The highest BCUT2D eigenvalue weighted by molar-refractivity contribution is 6.31. The van der Waals surface area contributed by atoms with Crippen LogP contribution in [0.5, 0.6) is 5.75 Å². The summed E-state index contributed by atoms with van der Waals surface area (Å²) in [6.07, 6.45) is 4.82. The molecule has 0 radical (unpaired) electrons. The number of carbonyl (C=O) groups is 4. The van der Waals surface area contributed by atoms with Crippen molar-refractivity contribution in [3.05, 3.63) is 81.5 Å². The maximum Gasteiger partial charge on any atom is 0.272 e. The number of rotatable bonds is 8. The van der Waals surface area contributed by atoms with Crippen molar-refractivity contribution < 1.29 is 23.9 Å². The lowest BCUT2D eigenvalue weighted by atomic mass is 9.87. The predicted molar refractivity (Wildman–Crippen MR) is 185 cm³/mol. The number of piperazine rings is 1. The van der Waals surface area contributed by atoms with E-state index in [4.69, 9.17) is 21.6 Å². The van der Waals surface area contributed by atoms with Crippen LogP contribution in [0.2, 0.25) is 5.02 Å². The Bertz CT molecular complexity index is 1930. The summed E-state index contributed by atoms with van der Waals surface area (Å²) in [6, 6.07) is 16.7. The van der Waals surface area contributed by atoms with Crippen LogP contribution in [-0.2, 0) is 22.7 Å². The van der Waals surface area contributed by atoms with Crippen molar-refractivity contribution in [2.24, 2.45) is 0 Å². The quantitative estimate of drug-likeness (QED) is 0.332. The van der Waals surface area contributed by atoms with Crippen molar-refractivity contribution >= 4 is 41.0 Å². The second kappa shape index (κ2) is 13.6. The third-order valence-corrected chi connectivity index (χ3v) is 11.1. The van der Waals surface area contributed by atoms with Crippen molar-refractivity contribution in [2.45, 2.75) is 88.3 Å². The molecule has 4 saturated heterocycles. The number of ether oxygens (including phenoxy) is 1. The van der Waals surface area contributed by atoms with E-state index < -0.39 is 11.9 Å². The van der Waals surface area contributed by atoms with Gasteiger partial charge in [-0.15, -0.1) is 10.2 Å². The van der Waals surface area contributed by atoms with E-state index in [9.17, 15) is 19.2 Å². The maximum atomic E-state index is 13.1. The molecule has 5 aliphatic heterocycles. The van der Waals surface area contributed by atoms with E-state index in [-0.39, 0.29) is 36.3 Å². The molecule has 3 unspecified atom stereocenters. The second-order valence-electron chi connectivity index (χ2n) is 14.1. The highest BCUT2D eigenvalue weighted by atomic mass is 35.5. The molecule has 2 N–H and O–H groups in total. The van der Waals surface area contributed by atoms with E-state index in [1.807, 2.05) is 24.3 Å². The first-order valence-electron chi connectivity index (χ1n) is 17.5. The zero-order chi connectivity index (χ0) is 35.2. The van der Waals surface area contributed by atoms with Crippen molar-refractivity contribution in [2.75, 3.05) is 18.0 Å². The molecule has 1 saturated carbocycles. The Morgan fingerprint density at radius 3 is 2.51 bits per heavy atom. The van der Waals surface area contributed by atoms with Crippen molar-refractivity contribution in [3.63, 3.8) is 0 Å². The van der Waals surface area contributed by atoms with Crippen LogP contribution in [0.25, 0.3) is 0 Å². The molecule has 9 rings (SSSR count). The van der Waals surface area contributed by atoms with E-state index in [2.05, 4.69) is 36.7 Å². The summed E-state index contributed by atoms with van der Waals surface area (Å²) in [6.45, 7) is 2.85. The molecular formula is C37H37ClN8O5. The zero-order valence-corrected chi connectivity index (χ0v) is 28.6. The first-order chi connectivity index (χ1) is 24.7. The van der Waals surface area contributed by atoms with Gasteiger partial charge >= 0.3 is 0 Å². The number of nitrogens with one attached hydrogen (secondary N) is 2. The molecule has 6 aliphatic rings. The van der Waals surface area contributed by atoms with E-state index in [1.54, 1.807) is 29.2 Å². The number of nitriles is 1. The highest BCUT2D eigenvalue weighted by Gasteiger charge is 2.45. The van der Waals surface area contributed by atoms with E-state index >= 15 is 0 Å². The number of imide groups is 1. The fourth-order valence-electron chi connectivity index (χ4n) is 8.21. The molecule has 1 aromatic heterocycles. The number of hydrogen-bond donors (Lipinski definition) is 2. The Morgan fingerprint density at radius 2 is 1.80 bits per heavy atom. The van der Waals surface area contributed by atoms with Gasteiger partial charge in [-0.2, -0.15) is 5.26 Å². The number of fused-ring (bicyclic) bond motifs is 3. The summed E-state index contributed by atoms with van der Waals surface area (Å²) in [5.41, 5.74) is 3.36. The Labute approximate surface area is 299 Å². The van der Waals surface area contributed by atoms with Gasteiger partial charge in [0.05, 0.1) is 16.7 Å². The van der Waals surface area contributed by atoms with Gasteiger partial charge in [0.15, 0.2) is 11.5 Å².